The predicted molar refractivity (Wildman–Crippen MR) is 100 cm³/mol. The Bertz CT molecular complexity index is 1330. The van der Waals surface area contributed by atoms with Gasteiger partial charge in [0.15, 0.2) is 23.2 Å². The van der Waals surface area contributed by atoms with Gasteiger partial charge in [0.1, 0.15) is 18.3 Å². The molecule has 0 radical (unpaired) electrons. The summed E-state index contributed by atoms with van der Waals surface area (Å²) in [6, 6.07) is 1.65. The molecule has 11 nitrogen and oxygen atoms in total. The number of hydrogen-bond donors (Lipinski definition) is 3. The number of hydrogen-bond acceptors (Lipinski definition) is 10. The second kappa shape index (κ2) is 7.84. The summed E-state index contributed by atoms with van der Waals surface area (Å²) in [5.74, 6) is -0.327. The normalized spacial score (nSPS) is 24.0. The van der Waals surface area contributed by atoms with Gasteiger partial charge in [0.05, 0.1) is 23.9 Å². The van der Waals surface area contributed by atoms with Crippen molar-refractivity contribution in [3.63, 3.8) is 0 Å². The highest BCUT2D eigenvalue weighted by Crippen LogP contribution is 2.43. The van der Waals surface area contributed by atoms with Crippen LogP contribution in [0.1, 0.15) is 23.5 Å². The Hall–Kier alpha value is -2.92. The summed E-state index contributed by atoms with van der Waals surface area (Å²) in [4.78, 5) is 10.0. The summed E-state index contributed by atoms with van der Waals surface area (Å²) < 4.78 is 89.0. The van der Waals surface area contributed by atoms with Gasteiger partial charge in [-0.2, -0.15) is 35.9 Å². The number of fused-ring (bicyclic) bond motifs is 1. The molecule has 4 atom stereocenters. The smallest absolute Gasteiger partial charge is 0.387 e. The van der Waals surface area contributed by atoms with Gasteiger partial charge >= 0.3 is 12.3 Å². The molecule has 0 saturated carbocycles. The molecule has 3 aromatic rings. The summed E-state index contributed by atoms with van der Waals surface area (Å²) in [7, 11) is -3.73. The molecule has 16 heteroatoms. The van der Waals surface area contributed by atoms with E-state index < -0.39 is 62.9 Å². The fraction of sp³-hybridized carbons (Fsp3) is 0.353. The zero-order valence-electron chi connectivity index (χ0n) is 16.4. The lowest BCUT2D eigenvalue weighted by atomic mass is 10.00. The molecule has 1 fully saturated rings. The van der Waals surface area contributed by atoms with E-state index in [4.69, 9.17) is 10.5 Å². The van der Waals surface area contributed by atoms with Crippen molar-refractivity contribution in [1.82, 2.24) is 19.5 Å². The first-order chi connectivity index (χ1) is 15.3. The lowest BCUT2D eigenvalue weighted by molar-refractivity contribution is -0.137. The molecule has 0 bridgehead atoms. The Kier molecular flexibility index (Phi) is 5.52. The standard InChI is InChI=1S/C17H15F4N5O6S/c1-31-33(29,30)8-3-2-6(17(19,20)21)4-7(8)12-10(27)11(28)15(32-12)26-5-23-9-13(22)24-16(18)25-14(9)26/h2-5,10-12,15,27-28H,1H3,(H2,22,24,25)/t10-,11+,12+,15+/m0/s1. The number of alkyl halides is 3. The van der Waals surface area contributed by atoms with Crippen LogP contribution in [0.4, 0.5) is 23.4 Å². The number of nitrogens with two attached hydrogens (primary N) is 1. The zero-order valence-corrected chi connectivity index (χ0v) is 17.2. The Labute approximate surface area is 182 Å². The minimum absolute atomic E-state index is 0.0631. The Balaban J connectivity index is 1.83. The number of anilines is 1. The average molecular weight is 493 g/mol. The largest absolute Gasteiger partial charge is 0.416 e. The van der Waals surface area contributed by atoms with E-state index in [9.17, 15) is 36.2 Å². The lowest BCUT2D eigenvalue weighted by Gasteiger charge is -2.20. The summed E-state index contributed by atoms with van der Waals surface area (Å²) in [5.41, 5.74) is 3.46. The van der Waals surface area contributed by atoms with E-state index in [0.29, 0.717) is 18.2 Å². The van der Waals surface area contributed by atoms with Gasteiger partial charge in [0.25, 0.3) is 10.1 Å². The third-order valence-electron chi connectivity index (χ3n) is 5.07. The highest BCUT2D eigenvalue weighted by molar-refractivity contribution is 7.86. The summed E-state index contributed by atoms with van der Waals surface area (Å²) >= 11 is 0. The van der Waals surface area contributed by atoms with Gasteiger partial charge in [-0.05, 0) is 18.2 Å². The fourth-order valence-electron chi connectivity index (χ4n) is 3.51. The molecule has 2 aromatic heterocycles. The van der Waals surface area contributed by atoms with Gasteiger partial charge in [-0.15, -0.1) is 0 Å². The molecule has 0 unspecified atom stereocenters. The number of nitrogens with zero attached hydrogens (tertiary/aromatic N) is 4. The number of imidazole rings is 1. The van der Waals surface area contributed by atoms with Gasteiger partial charge in [0.2, 0.25) is 0 Å². The van der Waals surface area contributed by atoms with E-state index in [1.165, 1.54) is 0 Å². The van der Waals surface area contributed by atoms with Crippen LogP contribution in [-0.4, -0.2) is 57.5 Å². The third-order valence-corrected chi connectivity index (χ3v) is 6.42. The van der Waals surface area contributed by atoms with Crippen LogP contribution in [0, 0.1) is 6.08 Å². The summed E-state index contributed by atoms with van der Waals surface area (Å²) in [6.07, 6.45) is -12.0. The van der Waals surface area contributed by atoms with Gasteiger partial charge in [-0.3, -0.25) is 8.75 Å². The molecule has 0 aliphatic carbocycles. The van der Waals surface area contributed by atoms with E-state index >= 15 is 0 Å². The fourth-order valence-corrected chi connectivity index (χ4v) is 4.39. The number of halogens is 4. The van der Waals surface area contributed by atoms with Crippen LogP contribution in [0.25, 0.3) is 11.2 Å². The van der Waals surface area contributed by atoms with Crippen molar-refractivity contribution < 1.29 is 45.1 Å². The molecule has 1 saturated heterocycles. The molecule has 33 heavy (non-hydrogen) atoms. The molecule has 0 amide bonds. The third kappa shape index (κ3) is 3.89. The van der Waals surface area contributed by atoms with Crippen molar-refractivity contribution in [2.45, 2.75) is 35.6 Å². The van der Waals surface area contributed by atoms with Gasteiger partial charge < -0.3 is 20.7 Å². The Morgan fingerprint density at radius 3 is 2.55 bits per heavy atom. The molecule has 178 valence electrons. The van der Waals surface area contributed by atoms with Crippen LogP contribution < -0.4 is 5.73 Å². The highest BCUT2D eigenvalue weighted by atomic mass is 32.2. The number of nitrogen functional groups attached to an aromatic ring is 1. The van der Waals surface area contributed by atoms with Crippen LogP contribution in [0.15, 0.2) is 29.4 Å². The summed E-state index contributed by atoms with van der Waals surface area (Å²) in [5, 5.41) is 21.1. The van der Waals surface area contributed by atoms with Crippen molar-refractivity contribution >= 4 is 27.1 Å². The number of aliphatic hydroxyl groups is 2. The van der Waals surface area contributed by atoms with Crippen LogP contribution in [0.3, 0.4) is 0 Å². The van der Waals surface area contributed by atoms with Gasteiger partial charge in [-0.1, -0.05) is 0 Å². The van der Waals surface area contributed by atoms with Crippen molar-refractivity contribution in [1.29, 1.82) is 0 Å². The second-order valence-electron chi connectivity index (χ2n) is 7.00. The van der Waals surface area contributed by atoms with Crippen LogP contribution in [0.5, 0.6) is 0 Å². The Morgan fingerprint density at radius 1 is 1.21 bits per heavy atom. The first-order valence-electron chi connectivity index (χ1n) is 9.04. The molecular weight excluding hydrogens is 478 g/mol. The minimum Gasteiger partial charge on any atom is -0.387 e. The molecule has 0 spiro atoms. The predicted octanol–water partition coefficient (Wildman–Crippen LogP) is 0.893. The second-order valence-corrected chi connectivity index (χ2v) is 8.68. The van der Waals surface area contributed by atoms with Crippen molar-refractivity contribution in [2.24, 2.45) is 0 Å². The molecular formula is C17H15F4N5O6S. The van der Waals surface area contributed by atoms with E-state index in [1.807, 2.05) is 0 Å². The Morgan fingerprint density at radius 2 is 1.91 bits per heavy atom. The quantitative estimate of drug-likeness (QED) is 0.270. The average Bonchev–Trinajstić information content (AvgIpc) is 3.28. The highest BCUT2D eigenvalue weighted by Gasteiger charge is 2.47. The lowest BCUT2D eigenvalue weighted by Crippen LogP contribution is -2.29. The monoisotopic (exact) mass is 493 g/mol. The zero-order chi connectivity index (χ0) is 24.3. The van der Waals surface area contributed by atoms with E-state index in [2.05, 4.69) is 19.1 Å². The maximum Gasteiger partial charge on any atom is 0.416 e. The number of benzene rings is 1. The van der Waals surface area contributed by atoms with Crippen molar-refractivity contribution in [2.75, 3.05) is 12.8 Å². The number of ether oxygens (including phenoxy) is 1. The molecule has 1 aliphatic heterocycles. The molecule has 3 heterocycles. The topological polar surface area (TPSA) is 163 Å². The number of rotatable bonds is 4. The minimum atomic E-state index is -4.85. The van der Waals surface area contributed by atoms with Crippen molar-refractivity contribution in [3.8, 4) is 0 Å². The number of aliphatic hydroxyl groups excluding tert-OH is 2. The first kappa shape index (κ1) is 23.2. The van der Waals surface area contributed by atoms with E-state index in [0.717, 1.165) is 18.0 Å². The van der Waals surface area contributed by atoms with E-state index in [1.54, 1.807) is 0 Å². The maximum atomic E-state index is 13.7. The maximum absolute atomic E-state index is 13.7. The molecule has 4 N–H and O–H groups in total. The summed E-state index contributed by atoms with van der Waals surface area (Å²) in [6.45, 7) is 0. The van der Waals surface area contributed by atoms with Crippen LogP contribution >= 0.6 is 0 Å². The number of aromatic nitrogens is 4. The molecule has 4 rings (SSSR count). The molecule has 1 aliphatic rings. The molecule has 1 aromatic carbocycles. The van der Waals surface area contributed by atoms with Gasteiger partial charge in [-0.25, -0.2) is 4.98 Å². The van der Waals surface area contributed by atoms with Crippen LogP contribution in [0.2, 0.25) is 0 Å². The van der Waals surface area contributed by atoms with E-state index in [-0.39, 0.29) is 17.0 Å². The SMILES string of the molecule is COS(=O)(=O)c1ccc(C(F)(F)F)cc1[C@H]1O[C@@H](n2cnc3c(N)nc(F)nc32)[C@H](O)[C@@H]1O. The van der Waals surface area contributed by atoms with Gasteiger partial charge in [0, 0.05) is 5.56 Å². The van der Waals surface area contributed by atoms with Crippen LogP contribution in [-0.2, 0) is 25.2 Å². The first-order valence-corrected chi connectivity index (χ1v) is 10.4. The van der Waals surface area contributed by atoms with Crippen molar-refractivity contribution in [3.05, 3.63) is 41.7 Å².